The standard InChI is InChI=1S/C12H19N3O/c1-2-12(6-3-7-13-12)11-14-10(15-16-11)8-9-4-5-9/h9,13H,2-8H2,1H3. The number of aromatic nitrogens is 2. The Morgan fingerprint density at radius 2 is 2.38 bits per heavy atom. The van der Waals surface area contributed by atoms with Crippen molar-refractivity contribution in [3.05, 3.63) is 11.7 Å². The van der Waals surface area contributed by atoms with E-state index in [0.29, 0.717) is 0 Å². The highest BCUT2D eigenvalue weighted by Crippen LogP contribution is 2.35. The van der Waals surface area contributed by atoms with Crippen LogP contribution in [0, 0.1) is 5.92 Å². The highest BCUT2D eigenvalue weighted by Gasteiger charge is 2.39. The smallest absolute Gasteiger partial charge is 0.246 e. The molecular formula is C12H19N3O. The van der Waals surface area contributed by atoms with Crippen LogP contribution in [0.2, 0.25) is 0 Å². The van der Waals surface area contributed by atoms with Crippen LogP contribution in [-0.2, 0) is 12.0 Å². The van der Waals surface area contributed by atoms with Gasteiger partial charge in [-0.15, -0.1) is 0 Å². The molecule has 0 radical (unpaired) electrons. The highest BCUT2D eigenvalue weighted by molar-refractivity contribution is 5.06. The third-order valence-electron chi connectivity index (χ3n) is 3.89. The van der Waals surface area contributed by atoms with Gasteiger partial charge < -0.3 is 9.84 Å². The van der Waals surface area contributed by atoms with E-state index in [-0.39, 0.29) is 5.54 Å². The maximum absolute atomic E-state index is 5.45. The van der Waals surface area contributed by atoms with Crippen molar-refractivity contribution in [1.82, 2.24) is 15.5 Å². The molecule has 1 unspecified atom stereocenters. The normalized spacial score (nSPS) is 29.8. The Morgan fingerprint density at radius 1 is 1.50 bits per heavy atom. The zero-order valence-corrected chi connectivity index (χ0v) is 9.83. The van der Waals surface area contributed by atoms with Crippen LogP contribution in [-0.4, -0.2) is 16.7 Å². The molecule has 2 fully saturated rings. The van der Waals surface area contributed by atoms with Crippen LogP contribution < -0.4 is 5.32 Å². The minimum Gasteiger partial charge on any atom is -0.337 e. The first kappa shape index (κ1) is 10.3. The largest absolute Gasteiger partial charge is 0.337 e. The van der Waals surface area contributed by atoms with Gasteiger partial charge in [0.05, 0.1) is 5.54 Å². The van der Waals surface area contributed by atoms with Gasteiger partial charge in [-0.25, -0.2) is 0 Å². The molecule has 1 saturated carbocycles. The summed E-state index contributed by atoms with van der Waals surface area (Å²) in [5.74, 6) is 2.53. The maximum atomic E-state index is 5.45. The molecule has 2 aliphatic rings. The SMILES string of the molecule is CCC1(c2nc(CC3CC3)no2)CCCN1. The van der Waals surface area contributed by atoms with E-state index >= 15 is 0 Å². The monoisotopic (exact) mass is 221 g/mol. The summed E-state index contributed by atoms with van der Waals surface area (Å²) < 4.78 is 5.45. The predicted octanol–water partition coefficient (Wildman–Crippen LogP) is 2.01. The summed E-state index contributed by atoms with van der Waals surface area (Å²) >= 11 is 0. The summed E-state index contributed by atoms with van der Waals surface area (Å²) in [7, 11) is 0. The van der Waals surface area contributed by atoms with E-state index in [0.717, 1.165) is 43.4 Å². The summed E-state index contributed by atoms with van der Waals surface area (Å²) in [5.41, 5.74) is -0.0329. The Hall–Kier alpha value is -0.900. The topological polar surface area (TPSA) is 51.0 Å². The van der Waals surface area contributed by atoms with E-state index in [2.05, 4.69) is 22.4 Å². The summed E-state index contributed by atoms with van der Waals surface area (Å²) in [6.07, 6.45) is 7.02. The second-order valence-corrected chi connectivity index (χ2v) is 5.13. The quantitative estimate of drug-likeness (QED) is 0.845. The van der Waals surface area contributed by atoms with Gasteiger partial charge in [0.1, 0.15) is 0 Å². The zero-order chi connectivity index (χ0) is 11.0. The molecule has 1 N–H and O–H groups in total. The van der Waals surface area contributed by atoms with Gasteiger partial charge in [-0.2, -0.15) is 4.98 Å². The number of nitrogens with zero attached hydrogens (tertiary/aromatic N) is 2. The molecule has 1 atom stereocenters. The van der Waals surface area contributed by atoms with Gasteiger partial charge in [0.15, 0.2) is 5.82 Å². The molecule has 1 aromatic rings. The van der Waals surface area contributed by atoms with Gasteiger partial charge in [0, 0.05) is 6.42 Å². The van der Waals surface area contributed by atoms with Crippen molar-refractivity contribution in [2.45, 2.75) is 51.0 Å². The van der Waals surface area contributed by atoms with Gasteiger partial charge in [0.2, 0.25) is 5.89 Å². The Labute approximate surface area is 95.8 Å². The van der Waals surface area contributed by atoms with Gasteiger partial charge >= 0.3 is 0 Å². The van der Waals surface area contributed by atoms with Crippen molar-refractivity contribution >= 4 is 0 Å². The molecule has 4 nitrogen and oxygen atoms in total. The fraction of sp³-hybridized carbons (Fsp3) is 0.833. The fourth-order valence-electron chi connectivity index (χ4n) is 2.55. The molecule has 4 heteroatoms. The number of hydrogen-bond donors (Lipinski definition) is 1. The van der Waals surface area contributed by atoms with Crippen molar-refractivity contribution in [3.63, 3.8) is 0 Å². The van der Waals surface area contributed by atoms with Crippen LogP contribution in [0.25, 0.3) is 0 Å². The van der Waals surface area contributed by atoms with Crippen LogP contribution in [0.1, 0.15) is 50.7 Å². The Kier molecular flexibility index (Phi) is 2.46. The molecule has 1 aliphatic carbocycles. The highest BCUT2D eigenvalue weighted by atomic mass is 16.5. The van der Waals surface area contributed by atoms with Crippen molar-refractivity contribution < 1.29 is 4.52 Å². The molecule has 0 spiro atoms. The molecule has 0 amide bonds. The van der Waals surface area contributed by atoms with Gasteiger partial charge in [-0.05, 0) is 44.6 Å². The predicted molar refractivity (Wildman–Crippen MR) is 59.9 cm³/mol. The Bertz CT molecular complexity index is 364. The van der Waals surface area contributed by atoms with Crippen LogP contribution >= 0.6 is 0 Å². The first-order valence-corrected chi connectivity index (χ1v) is 6.40. The molecule has 0 bridgehead atoms. The first-order chi connectivity index (χ1) is 7.82. The number of nitrogens with one attached hydrogen (secondary N) is 1. The van der Waals surface area contributed by atoms with Crippen LogP contribution in [0.15, 0.2) is 4.52 Å². The maximum Gasteiger partial charge on any atom is 0.246 e. The van der Waals surface area contributed by atoms with E-state index < -0.39 is 0 Å². The van der Waals surface area contributed by atoms with E-state index in [1.54, 1.807) is 0 Å². The Balaban J connectivity index is 1.78. The van der Waals surface area contributed by atoms with Crippen molar-refractivity contribution in [1.29, 1.82) is 0 Å². The second kappa shape index (κ2) is 3.84. The average Bonchev–Trinajstić information content (AvgIpc) is 2.83. The number of rotatable bonds is 4. The van der Waals surface area contributed by atoms with Gasteiger partial charge in [0.25, 0.3) is 0 Å². The van der Waals surface area contributed by atoms with Crippen LogP contribution in [0.5, 0.6) is 0 Å². The zero-order valence-electron chi connectivity index (χ0n) is 9.83. The van der Waals surface area contributed by atoms with E-state index in [1.807, 2.05) is 0 Å². The van der Waals surface area contributed by atoms with Crippen LogP contribution in [0.3, 0.4) is 0 Å². The summed E-state index contributed by atoms with van der Waals surface area (Å²) in [5, 5.41) is 7.63. The van der Waals surface area contributed by atoms with E-state index in [4.69, 9.17) is 4.52 Å². The third-order valence-corrected chi connectivity index (χ3v) is 3.89. The van der Waals surface area contributed by atoms with E-state index in [1.165, 1.54) is 19.3 Å². The molecule has 16 heavy (non-hydrogen) atoms. The summed E-state index contributed by atoms with van der Waals surface area (Å²) in [6.45, 7) is 3.25. The van der Waals surface area contributed by atoms with Crippen LogP contribution in [0.4, 0.5) is 0 Å². The van der Waals surface area contributed by atoms with Gasteiger partial charge in [-0.3, -0.25) is 0 Å². The molecule has 88 valence electrons. The molecular weight excluding hydrogens is 202 g/mol. The molecule has 0 aromatic carbocycles. The van der Waals surface area contributed by atoms with Gasteiger partial charge in [-0.1, -0.05) is 12.1 Å². The molecule has 1 aliphatic heterocycles. The Morgan fingerprint density at radius 3 is 3.00 bits per heavy atom. The van der Waals surface area contributed by atoms with Crippen molar-refractivity contribution in [3.8, 4) is 0 Å². The molecule has 1 saturated heterocycles. The lowest BCUT2D eigenvalue weighted by Gasteiger charge is -2.22. The summed E-state index contributed by atoms with van der Waals surface area (Å²) in [4.78, 5) is 4.58. The molecule has 1 aromatic heterocycles. The lowest BCUT2D eigenvalue weighted by atomic mass is 9.94. The minimum absolute atomic E-state index is 0.0329. The van der Waals surface area contributed by atoms with Crippen molar-refractivity contribution in [2.24, 2.45) is 5.92 Å². The second-order valence-electron chi connectivity index (χ2n) is 5.13. The minimum atomic E-state index is -0.0329. The number of hydrogen-bond acceptors (Lipinski definition) is 4. The van der Waals surface area contributed by atoms with Crippen molar-refractivity contribution in [2.75, 3.05) is 6.54 Å². The molecule has 3 rings (SSSR count). The average molecular weight is 221 g/mol. The third kappa shape index (κ3) is 1.75. The summed E-state index contributed by atoms with van der Waals surface area (Å²) in [6, 6.07) is 0. The first-order valence-electron chi connectivity index (χ1n) is 6.40. The lowest BCUT2D eigenvalue weighted by molar-refractivity contribution is 0.249. The van der Waals surface area contributed by atoms with E-state index in [9.17, 15) is 0 Å². The lowest BCUT2D eigenvalue weighted by Crippen LogP contribution is -2.36. The fourth-order valence-corrected chi connectivity index (χ4v) is 2.55. The molecule has 2 heterocycles.